The fraction of sp³-hybridized carbons (Fsp3) is 0.211. The molecule has 0 saturated carbocycles. The Morgan fingerprint density at radius 2 is 1.70 bits per heavy atom. The molecule has 27 heavy (non-hydrogen) atoms. The number of hydrogen-bond acceptors (Lipinski definition) is 7. The van der Waals surface area contributed by atoms with Gasteiger partial charge in [-0.2, -0.15) is 0 Å². The molecule has 1 saturated heterocycles. The van der Waals surface area contributed by atoms with E-state index >= 15 is 0 Å². The lowest BCUT2D eigenvalue weighted by Crippen LogP contribution is -2.26. The van der Waals surface area contributed by atoms with E-state index in [0.29, 0.717) is 24.5 Å². The molecule has 1 aliphatic heterocycles. The third kappa shape index (κ3) is 3.70. The Balaban J connectivity index is 1.39. The topological polar surface area (TPSA) is 83.8 Å². The molecule has 0 atom stereocenters. The molecule has 0 amide bonds. The van der Waals surface area contributed by atoms with Crippen LogP contribution in [0.1, 0.15) is 18.3 Å². The van der Waals surface area contributed by atoms with Gasteiger partial charge in [-0.1, -0.05) is 23.5 Å². The average molecular weight is 385 g/mol. The van der Waals surface area contributed by atoms with Crippen LogP contribution < -0.4 is 9.61 Å². The van der Waals surface area contributed by atoms with Crippen LogP contribution in [-0.4, -0.2) is 23.1 Å². The number of esters is 2. The number of hydrogen-bond donors (Lipinski definition) is 0. The summed E-state index contributed by atoms with van der Waals surface area (Å²) in [6.45, 7) is 0.760. The van der Waals surface area contributed by atoms with Gasteiger partial charge in [0.25, 0.3) is 6.29 Å². The van der Waals surface area contributed by atoms with Crippen LogP contribution in [0.2, 0.25) is 0 Å². The van der Waals surface area contributed by atoms with Crippen LogP contribution in [0.5, 0.6) is 5.75 Å². The van der Waals surface area contributed by atoms with Gasteiger partial charge in [-0.05, 0) is 36.4 Å². The molecule has 8 heteroatoms. The lowest BCUT2D eigenvalue weighted by molar-refractivity contribution is -0.204. The number of nitrogens with zero attached hydrogens (tertiary/aromatic N) is 1. The largest absolute Gasteiger partial charge is 0.492 e. The fourth-order valence-corrected chi connectivity index (χ4v) is 3.72. The van der Waals surface area contributed by atoms with Crippen molar-refractivity contribution < 1.29 is 23.8 Å². The van der Waals surface area contributed by atoms with E-state index in [-0.39, 0.29) is 11.3 Å². The second kappa shape index (κ2) is 7.24. The predicted octanol–water partition coefficient (Wildman–Crippen LogP) is 2.63. The number of rotatable bonds is 5. The van der Waals surface area contributed by atoms with Crippen molar-refractivity contribution >= 4 is 33.5 Å². The molecule has 0 aliphatic carbocycles. The van der Waals surface area contributed by atoms with Crippen LogP contribution in [0.3, 0.4) is 0 Å². The van der Waals surface area contributed by atoms with E-state index in [4.69, 9.17) is 14.2 Å². The van der Waals surface area contributed by atoms with E-state index in [0.717, 1.165) is 10.2 Å². The van der Waals surface area contributed by atoms with Crippen molar-refractivity contribution in [3.63, 3.8) is 0 Å². The summed E-state index contributed by atoms with van der Waals surface area (Å²) in [4.78, 5) is 34.7. The van der Waals surface area contributed by atoms with Gasteiger partial charge in [0.05, 0.1) is 16.8 Å². The molecular weight excluding hydrogens is 370 g/mol. The number of thiazole rings is 1. The highest BCUT2D eigenvalue weighted by molar-refractivity contribution is 7.16. The van der Waals surface area contributed by atoms with Gasteiger partial charge in [0.1, 0.15) is 18.8 Å². The zero-order valence-corrected chi connectivity index (χ0v) is 14.9. The molecule has 3 aromatic rings. The summed E-state index contributed by atoms with van der Waals surface area (Å²) in [5, 5.41) is 0. The van der Waals surface area contributed by atoms with Crippen molar-refractivity contribution in [2.24, 2.45) is 0 Å². The van der Waals surface area contributed by atoms with E-state index < -0.39 is 18.2 Å². The Hall–Kier alpha value is -3.13. The molecule has 138 valence electrons. The number of ether oxygens (including phenoxy) is 3. The quantitative estimate of drug-likeness (QED) is 0.496. The first-order chi connectivity index (χ1) is 13.1. The molecule has 0 radical (unpaired) electrons. The minimum absolute atomic E-state index is 0.0175. The van der Waals surface area contributed by atoms with Crippen LogP contribution >= 0.6 is 11.3 Å². The lowest BCUT2D eigenvalue weighted by atomic mass is 10.2. The van der Waals surface area contributed by atoms with Gasteiger partial charge >= 0.3 is 16.8 Å². The maximum absolute atomic E-state index is 12.1. The van der Waals surface area contributed by atoms with Gasteiger partial charge in [-0.25, -0.2) is 0 Å². The van der Waals surface area contributed by atoms with Crippen molar-refractivity contribution in [2.45, 2.75) is 19.3 Å². The van der Waals surface area contributed by atoms with Gasteiger partial charge in [-0.15, -0.1) is 0 Å². The summed E-state index contributed by atoms with van der Waals surface area (Å²) in [5.74, 6) is -0.616. The lowest BCUT2D eigenvalue weighted by Gasteiger charge is -2.22. The summed E-state index contributed by atoms with van der Waals surface area (Å²) in [7, 11) is 0. The van der Waals surface area contributed by atoms with E-state index in [1.807, 2.05) is 24.3 Å². The number of benzene rings is 2. The SMILES string of the molecule is O=C1CC(=O)OC(c2ccc(OCCn3c(=O)sc4ccccc43)cc2)O1. The van der Waals surface area contributed by atoms with Crippen LogP contribution in [0.4, 0.5) is 0 Å². The van der Waals surface area contributed by atoms with E-state index in [1.165, 1.54) is 11.3 Å². The molecule has 2 heterocycles. The molecule has 0 spiro atoms. The maximum atomic E-state index is 12.1. The van der Waals surface area contributed by atoms with Crippen LogP contribution in [-0.2, 0) is 25.6 Å². The second-order valence-corrected chi connectivity index (χ2v) is 6.89. The third-order valence-corrected chi connectivity index (χ3v) is 5.04. The summed E-state index contributed by atoms with van der Waals surface area (Å²) in [5.41, 5.74) is 1.44. The zero-order valence-electron chi connectivity index (χ0n) is 14.1. The van der Waals surface area contributed by atoms with Crippen molar-refractivity contribution in [2.75, 3.05) is 6.61 Å². The molecule has 0 bridgehead atoms. The van der Waals surface area contributed by atoms with Crippen molar-refractivity contribution in [1.29, 1.82) is 0 Å². The van der Waals surface area contributed by atoms with E-state index in [1.54, 1.807) is 28.8 Å². The number of aromatic nitrogens is 1. The Labute approximate surface area is 157 Å². The number of fused-ring (bicyclic) bond motifs is 1. The monoisotopic (exact) mass is 385 g/mol. The molecular formula is C19H15NO6S. The molecule has 7 nitrogen and oxygen atoms in total. The Bertz CT molecular complexity index is 1040. The van der Waals surface area contributed by atoms with Gasteiger partial charge in [0, 0.05) is 5.56 Å². The summed E-state index contributed by atoms with van der Waals surface area (Å²) < 4.78 is 18.3. The Morgan fingerprint density at radius 1 is 1.00 bits per heavy atom. The first kappa shape index (κ1) is 17.3. The predicted molar refractivity (Wildman–Crippen MR) is 97.6 cm³/mol. The standard InChI is InChI=1S/C19H15NO6S/c21-16-11-17(22)26-18(25-16)12-5-7-13(8-6-12)24-10-9-20-14-3-1-2-4-15(14)27-19(20)23/h1-8,18H,9-11H2. The highest BCUT2D eigenvalue weighted by Gasteiger charge is 2.28. The van der Waals surface area contributed by atoms with Crippen molar-refractivity contribution in [1.82, 2.24) is 4.57 Å². The van der Waals surface area contributed by atoms with Crippen molar-refractivity contribution in [3.05, 3.63) is 63.8 Å². The number of carbonyl (C=O) groups is 2. The molecule has 0 N–H and O–H groups in total. The normalized spacial score (nSPS) is 14.8. The maximum Gasteiger partial charge on any atom is 0.320 e. The number of carbonyl (C=O) groups excluding carboxylic acids is 2. The molecule has 1 fully saturated rings. The van der Waals surface area contributed by atoms with Crippen molar-refractivity contribution in [3.8, 4) is 5.75 Å². The zero-order chi connectivity index (χ0) is 18.8. The molecule has 4 rings (SSSR count). The minimum Gasteiger partial charge on any atom is -0.492 e. The average Bonchev–Trinajstić information content (AvgIpc) is 2.97. The van der Waals surface area contributed by atoms with Crippen LogP contribution in [0, 0.1) is 0 Å². The van der Waals surface area contributed by atoms with Crippen LogP contribution in [0.15, 0.2) is 53.3 Å². The summed E-state index contributed by atoms with van der Waals surface area (Å²) in [6, 6.07) is 14.4. The fourth-order valence-electron chi connectivity index (χ4n) is 2.80. The smallest absolute Gasteiger partial charge is 0.320 e. The Morgan fingerprint density at radius 3 is 2.44 bits per heavy atom. The van der Waals surface area contributed by atoms with Gasteiger partial charge < -0.3 is 14.2 Å². The first-order valence-electron chi connectivity index (χ1n) is 8.30. The van der Waals surface area contributed by atoms with E-state index in [9.17, 15) is 14.4 Å². The summed E-state index contributed by atoms with van der Waals surface area (Å²) >= 11 is 1.21. The number of cyclic esters (lactones) is 2. The minimum atomic E-state index is -1.02. The van der Waals surface area contributed by atoms with Crippen LogP contribution in [0.25, 0.3) is 10.2 Å². The van der Waals surface area contributed by atoms with E-state index in [2.05, 4.69) is 0 Å². The molecule has 1 aliphatic rings. The van der Waals surface area contributed by atoms with Gasteiger partial charge in [0.15, 0.2) is 0 Å². The van der Waals surface area contributed by atoms with Gasteiger partial charge in [-0.3, -0.25) is 19.0 Å². The first-order valence-corrected chi connectivity index (χ1v) is 9.12. The third-order valence-electron chi connectivity index (χ3n) is 4.08. The second-order valence-electron chi connectivity index (χ2n) is 5.89. The van der Waals surface area contributed by atoms with Gasteiger partial charge in [0.2, 0.25) is 0 Å². The Kier molecular flexibility index (Phi) is 4.64. The molecule has 2 aromatic carbocycles. The number of para-hydroxylation sites is 1. The molecule has 1 aromatic heterocycles. The highest BCUT2D eigenvalue weighted by Crippen LogP contribution is 2.26. The highest BCUT2D eigenvalue weighted by atomic mass is 32.1. The summed E-state index contributed by atoms with van der Waals surface area (Å²) in [6.07, 6.45) is -1.39. The molecule has 0 unspecified atom stereocenters.